The third-order valence-electron chi connectivity index (χ3n) is 4.51. The van der Waals surface area contributed by atoms with Crippen molar-refractivity contribution < 1.29 is 13.9 Å². The fourth-order valence-electron chi connectivity index (χ4n) is 2.96. The Morgan fingerprint density at radius 1 is 0.931 bits per heavy atom. The van der Waals surface area contributed by atoms with Crippen LogP contribution in [-0.4, -0.2) is 13.7 Å². The maximum absolute atomic E-state index is 13.7. The molecule has 0 heterocycles. The standard InChI is InChI=1S/C23H22Cl2FNO2/c1-28-22-8-4-6-17(14-27-12-11-16-5-2-3-7-21(16)26)23(22)29-15-18-9-10-19(24)13-20(18)25/h2-10,13,27H,11-12,14-15H2,1H3. The van der Waals surface area contributed by atoms with Gasteiger partial charge in [0.2, 0.25) is 0 Å². The van der Waals surface area contributed by atoms with Gasteiger partial charge in [-0.1, -0.05) is 59.6 Å². The van der Waals surface area contributed by atoms with Gasteiger partial charge in [-0.25, -0.2) is 4.39 Å². The van der Waals surface area contributed by atoms with Crippen LogP contribution in [0.25, 0.3) is 0 Å². The van der Waals surface area contributed by atoms with E-state index in [0.717, 1.165) is 11.1 Å². The summed E-state index contributed by atoms with van der Waals surface area (Å²) in [7, 11) is 1.60. The minimum Gasteiger partial charge on any atom is -0.493 e. The summed E-state index contributed by atoms with van der Waals surface area (Å²) >= 11 is 12.2. The van der Waals surface area contributed by atoms with Crippen LogP contribution in [0, 0.1) is 5.82 Å². The zero-order valence-electron chi connectivity index (χ0n) is 16.1. The van der Waals surface area contributed by atoms with Gasteiger partial charge in [-0.3, -0.25) is 0 Å². The maximum atomic E-state index is 13.7. The molecule has 29 heavy (non-hydrogen) atoms. The summed E-state index contributed by atoms with van der Waals surface area (Å²) in [5, 5.41) is 4.47. The zero-order valence-corrected chi connectivity index (χ0v) is 17.6. The quantitative estimate of drug-likeness (QED) is 0.416. The minimum absolute atomic E-state index is 0.181. The smallest absolute Gasteiger partial charge is 0.166 e. The summed E-state index contributed by atoms with van der Waals surface area (Å²) in [5.41, 5.74) is 2.47. The van der Waals surface area contributed by atoms with Crippen LogP contribution in [0.1, 0.15) is 16.7 Å². The summed E-state index contributed by atoms with van der Waals surface area (Å²) in [4.78, 5) is 0. The lowest BCUT2D eigenvalue weighted by molar-refractivity contribution is 0.280. The molecule has 0 unspecified atom stereocenters. The number of ether oxygens (including phenoxy) is 2. The van der Waals surface area contributed by atoms with E-state index in [2.05, 4.69) is 5.32 Å². The van der Waals surface area contributed by atoms with Crippen LogP contribution in [0.4, 0.5) is 4.39 Å². The Labute approximate surface area is 180 Å². The molecule has 3 rings (SSSR count). The lowest BCUT2D eigenvalue weighted by atomic mass is 10.1. The molecule has 1 N–H and O–H groups in total. The van der Waals surface area contributed by atoms with Crippen molar-refractivity contribution in [3.63, 3.8) is 0 Å². The molecule has 0 bridgehead atoms. The number of benzene rings is 3. The molecule has 0 aromatic heterocycles. The van der Waals surface area contributed by atoms with Gasteiger partial charge in [0, 0.05) is 27.7 Å². The van der Waals surface area contributed by atoms with Crippen molar-refractivity contribution in [3.8, 4) is 11.5 Å². The fraction of sp³-hybridized carbons (Fsp3) is 0.217. The fourth-order valence-corrected chi connectivity index (χ4v) is 3.42. The highest BCUT2D eigenvalue weighted by atomic mass is 35.5. The number of rotatable bonds is 9. The van der Waals surface area contributed by atoms with Crippen LogP contribution in [0.5, 0.6) is 11.5 Å². The first kappa shape index (κ1) is 21.4. The molecule has 0 aliphatic heterocycles. The van der Waals surface area contributed by atoms with Gasteiger partial charge in [-0.2, -0.15) is 0 Å². The van der Waals surface area contributed by atoms with Gasteiger partial charge in [0.05, 0.1) is 7.11 Å². The number of hydrogen-bond donors (Lipinski definition) is 1. The zero-order chi connectivity index (χ0) is 20.6. The maximum Gasteiger partial charge on any atom is 0.166 e. The van der Waals surface area contributed by atoms with E-state index in [1.165, 1.54) is 6.07 Å². The Bertz CT molecular complexity index is 965. The second-order valence-corrected chi connectivity index (χ2v) is 7.33. The minimum atomic E-state index is -0.181. The first-order valence-corrected chi connectivity index (χ1v) is 10.0. The number of halogens is 3. The summed E-state index contributed by atoms with van der Waals surface area (Å²) in [5.74, 6) is 1.11. The number of nitrogens with one attached hydrogen (secondary N) is 1. The van der Waals surface area contributed by atoms with Gasteiger partial charge < -0.3 is 14.8 Å². The van der Waals surface area contributed by atoms with E-state index in [0.29, 0.717) is 53.2 Å². The Morgan fingerprint density at radius 3 is 2.48 bits per heavy atom. The number of methoxy groups -OCH3 is 1. The van der Waals surface area contributed by atoms with Gasteiger partial charge in [-0.15, -0.1) is 0 Å². The largest absolute Gasteiger partial charge is 0.493 e. The molecule has 3 nitrogen and oxygen atoms in total. The number of hydrogen-bond acceptors (Lipinski definition) is 3. The van der Waals surface area contributed by atoms with Crippen molar-refractivity contribution in [1.82, 2.24) is 5.32 Å². The van der Waals surface area contributed by atoms with Crippen LogP contribution < -0.4 is 14.8 Å². The van der Waals surface area contributed by atoms with Crippen molar-refractivity contribution in [2.24, 2.45) is 0 Å². The topological polar surface area (TPSA) is 30.5 Å². The van der Waals surface area contributed by atoms with Crippen LogP contribution in [0.3, 0.4) is 0 Å². The molecule has 6 heteroatoms. The van der Waals surface area contributed by atoms with E-state index < -0.39 is 0 Å². The normalized spacial score (nSPS) is 10.8. The number of para-hydroxylation sites is 1. The van der Waals surface area contributed by atoms with E-state index >= 15 is 0 Å². The van der Waals surface area contributed by atoms with Crippen molar-refractivity contribution in [2.75, 3.05) is 13.7 Å². The summed E-state index contributed by atoms with van der Waals surface area (Å²) in [6.45, 7) is 1.49. The molecule has 0 spiro atoms. The van der Waals surface area contributed by atoms with Crippen molar-refractivity contribution in [3.05, 3.63) is 93.2 Å². The van der Waals surface area contributed by atoms with Gasteiger partial charge >= 0.3 is 0 Å². The molecule has 0 atom stereocenters. The molecule has 152 valence electrons. The molecule has 0 radical (unpaired) electrons. The van der Waals surface area contributed by atoms with Gasteiger partial charge in [0.25, 0.3) is 0 Å². The van der Waals surface area contributed by atoms with E-state index in [1.54, 1.807) is 31.4 Å². The molecular formula is C23H22Cl2FNO2. The predicted octanol–water partition coefficient (Wildman–Crippen LogP) is 6.05. The van der Waals surface area contributed by atoms with Crippen LogP contribution in [-0.2, 0) is 19.6 Å². The highest BCUT2D eigenvalue weighted by molar-refractivity contribution is 6.35. The van der Waals surface area contributed by atoms with Crippen molar-refractivity contribution >= 4 is 23.2 Å². The van der Waals surface area contributed by atoms with E-state index in [1.807, 2.05) is 30.3 Å². The van der Waals surface area contributed by atoms with Crippen molar-refractivity contribution in [1.29, 1.82) is 0 Å². The average Bonchev–Trinajstić information content (AvgIpc) is 2.72. The van der Waals surface area contributed by atoms with Gasteiger partial charge in [0.15, 0.2) is 11.5 Å². The van der Waals surface area contributed by atoms with Gasteiger partial charge in [0.1, 0.15) is 12.4 Å². The van der Waals surface area contributed by atoms with Crippen LogP contribution in [0.2, 0.25) is 10.0 Å². The van der Waals surface area contributed by atoms with E-state index in [4.69, 9.17) is 32.7 Å². The predicted molar refractivity (Wildman–Crippen MR) is 116 cm³/mol. The lowest BCUT2D eigenvalue weighted by Crippen LogP contribution is -2.18. The molecule has 0 amide bonds. The molecule has 3 aromatic rings. The first-order chi connectivity index (χ1) is 14.1. The lowest BCUT2D eigenvalue weighted by Gasteiger charge is -2.16. The molecule has 3 aromatic carbocycles. The molecule has 0 fully saturated rings. The van der Waals surface area contributed by atoms with Crippen molar-refractivity contribution in [2.45, 2.75) is 19.6 Å². The second kappa shape index (κ2) is 10.5. The molecular weight excluding hydrogens is 412 g/mol. The first-order valence-electron chi connectivity index (χ1n) is 9.25. The average molecular weight is 434 g/mol. The molecule has 0 aliphatic rings. The SMILES string of the molecule is COc1cccc(CNCCc2ccccc2F)c1OCc1ccc(Cl)cc1Cl. The summed E-state index contributed by atoms with van der Waals surface area (Å²) in [6.07, 6.45) is 0.604. The third kappa shape index (κ3) is 5.86. The van der Waals surface area contributed by atoms with Crippen LogP contribution in [0.15, 0.2) is 60.7 Å². The van der Waals surface area contributed by atoms with Crippen LogP contribution >= 0.6 is 23.2 Å². The van der Waals surface area contributed by atoms with E-state index in [-0.39, 0.29) is 5.82 Å². The van der Waals surface area contributed by atoms with Gasteiger partial charge in [-0.05, 0) is 42.8 Å². The molecule has 0 saturated heterocycles. The molecule has 0 aliphatic carbocycles. The highest BCUT2D eigenvalue weighted by Gasteiger charge is 2.12. The third-order valence-corrected chi connectivity index (χ3v) is 5.10. The summed E-state index contributed by atoms with van der Waals surface area (Å²) < 4.78 is 25.2. The summed E-state index contributed by atoms with van der Waals surface area (Å²) in [6, 6.07) is 17.8. The monoisotopic (exact) mass is 433 g/mol. The Balaban J connectivity index is 1.65. The Morgan fingerprint density at radius 2 is 1.72 bits per heavy atom. The second-order valence-electron chi connectivity index (χ2n) is 6.49. The Hall–Kier alpha value is -2.27. The molecule has 0 saturated carbocycles. The highest BCUT2D eigenvalue weighted by Crippen LogP contribution is 2.32. The Kier molecular flexibility index (Phi) is 7.76. The van der Waals surface area contributed by atoms with E-state index in [9.17, 15) is 4.39 Å².